The second-order valence-electron chi connectivity index (χ2n) is 8.71. The molecule has 4 heterocycles. The maximum Gasteiger partial charge on any atom is 0.274 e. The fourth-order valence-corrected chi connectivity index (χ4v) is 5.01. The van der Waals surface area contributed by atoms with Gasteiger partial charge in [-0.05, 0) is 55.0 Å². The van der Waals surface area contributed by atoms with Crippen molar-refractivity contribution in [1.29, 1.82) is 0 Å². The van der Waals surface area contributed by atoms with Crippen molar-refractivity contribution in [3.05, 3.63) is 70.1 Å². The minimum absolute atomic E-state index is 0.0179. The van der Waals surface area contributed by atoms with Crippen molar-refractivity contribution >= 4 is 23.2 Å². The molecule has 5 rings (SSSR count). The van der Waals surface area contributed by atoms with Gasteiger partial charge in [0.15, 0.2) is 5.69 Å². The predicted molar refractivity (Wildman–Crippen MR) is 119 cm³/mol. The molecule has 156 valence electrons. The van der Waals surface area contributed by atoms with Crippen LogP contribution < -0.4 is 0 Å². The summed E-state index contributed by atoms with van der Waals surface area (Å²) in [6.45, 7) is 6.50. The van der Waals surface area contributed by atoms with Crippen molar-refractivity contribution in [2.75, 3.05) is 19.6 Å². The molecular weight excluding hydrogens is 396 g/mol. The molecule has 0 aliphatic carbocycles. The summed E-state index contributed by atoms with van der Waals surface area (Å²) in [4.78, 5) is 22.7. The molecule has 0 N–H and O–H groups in total. The Bertz CT molecular complexity index is 1090. The van der Waals surface area contributed by atoms with Gasteiger partial charge >= 0.3 is 0 Å². The smallest absolute Gasteiger partial charge is 0.274 e. The molecule has 0 unspecified atom stereocenters. The number of carbonyl (C=O) groups is 1. The number of aromatic nitrogens is 2. The lowest BCUT2D eigenvalue weighted by Crippen LogP contribution is -2.38. The molecule has 0 bridgehead atoms. The monoisotopic (exact) mass is 422 g/mol. The summed E-state index contributed by atoms with van der Waals surface area (Å²) in [5, 5.41) is 0.652. The maximum atomic E-state index is 13.6. The second kappa shape index (κ2) is 8.05. The van der Waals surface area contributed by atoms with E-state index in [1.165, 1.54) is 24.0 Å². The van der Waals surface area contributed by atoms with Gasteiger partial charge in [-0.1, -0.05) is 42.8 Å². The van der Waals surface area contributed by atoms with Crippen molar-refractivity contribution in [3.8, 4) is 0 Å². The Morgan fingerprint density at radius 2 is 2.00 bits per heavy atom. The van der Waals surface area contributed by atoms with Crippen LogP contribution in [0, 0.1) is 5.92 Å². The van der Waals surface area contributed by atoms with Gasteiger partial charge in [-0.3, -0.25) is 9.69 Å². The van der Waals surface area contributed by atoms with E-state index in [-0.39, 0.29) is 5.91 Å². The number of imidazole rings is 1. The summed E-state index contributed by atoms with van der Waals surface area (Å²) in [6.07, 6.45) is 5.24. The molecule has 30 heavy (non-hydrogen) atoms. The number of fused-ring (bicyclic) bond motifs is 2. The van der Waals surface area contributed by atoms with Crippen LogP contribution in [-0.4, -0.2) is 44.7 Å². The molecule has 1 atom stereocenters. The van der Waals surface area contributed by atoms with Crippen LogP contribution in [0.3, 0.4) is 0 Å². The van der Waals surface area contributed by atoms with Crippen LogP contribution in [0.2, 0.25) is 5.02 Å². The van der Waals surface area contributed by atoms with Gasteiger partial charge < -0.3 is 9.30 Å². The molecule has 0 saturated carbocycles. The van der Waals surface area contributed by atoms with Crippen LogP contribution in [0.4, 0.5) is 0 Å². The predicted octanol–water partition coefficient (Wildman–Crippen LogP) is 4.42. The number of hydrogen-bond acceptors (Lipinski definition) is 3. The average Bonchev–Trinajstić information content (AvgIpc) is 3.10. The van der Waals surface area contributed by atoms with Crippen molar-refractivity contribution < 1.29 is 4.79 Å². The number of benzene rings is 1. The lowest BCUT2D eigenvalue weighted by molar-refractivity contribution is 0.0726. The van der Waals surface area contributed by atoms with Crippen LogP contribution in [0.15, 0.2) is 42.6 Å². The summed E-state index contributed by atoms with van der Waals surface area (Å²) < 4.78 is 2.01. The van der Waals surface area contributed by atoms with Gasteiger partial charge in [0.2, 0.25) is 0 Å². The van der Waals surface area contributed by atoms with E-state index in [0.717, 1.165) is 43.9 Å². The van der Waals surface area contributed by atoms with E-state index in [4.69, 9.17) is 16.6 Å². The molecule has 1 fully saturated rings. The zero-order chi connectivity index (χ0) is 20.7. The van der Waals surface area contributed by atoms with Crippen molar-refractivity contribution in [1.82, 2.24) is 19.2 Å². The van der Waals surface area contributed by atoms with E-state index >= 15 is 0 Å². The van der Waals surface area contributed by atoms with Gasteiger partial charge in [-0.25, -0.2) is 4.98 Å². The first-order chi connectivity index (χ1) is 14.6. The van der Waals surface area contributed by atoms with Gasteiger partial charge in [0.1, 0.15) is 5.65 Å². The first kappa shape index (κ1) is 19.6. The molecule has 0 radical (unpaired) electrons. The van der Waals surface area contributed by atoms with Crippen molar-refractivity contribution in [2.45, 2.75) is 39.3 Å². The molecule has 2 aliphatic rings. The molecule has 6 heteroatoms. The van der Waals surface area contributed by atoms with Gasteiger partial charge in [0.05, 0.1) is 10.7 Å². The lowest BCUT2D eigenvalue weighted by atomic mass is 9.99. The number of piperidine rings is 1. The zero-order valence-electron chi connectivity index (χ0n) is 17.4. The third-order valence-electron chi connectivity index (χ3n) is 6.42. The molecule has 2 aromatic heterocycles. The highest BCUT2D eigenvalue weighted by molar-refractivity contribution is 6.30. The maximum absolute atomic E-state index is 13.6. The number of rotatable bonds is 3. The minimum atomic E-state index is 0.0179. The van der Waals surface area contributed by atoms with E-state index < -0.39 is 0 Å². The first-order valence-electron chi connectivity index (χ1n) is 10.8. The molecule has 5 nitrogen and oxygen atoms in total. The minimum Gasteiger partial charge on any atom is -0.333 e. The Kier molecular flexibility index (Phi) is 5.25. The third kappa shape index (κ3) is 3.72. The fourth-order valence-electron chi connectivity index (χ4n) is 4.85. The van der Waals surface area contributed by atoms with E-state index in [0.29, 0.717) is 23.2 Å². The summed E-state index contributed by atoms with van der Waals surface area (Å²) >= 11 is 6.29. The Balaban J connectivity index is 1.49. The zero-order valence-corrected chi connectivity index (χ0v) is 18.1. The van der Waals surface area contributed by atoms with E-state index in [1.807, 2.05) is 33.7 Å². The first-order valence-corrected chi connectivity index (χ1v) is 11.2. The summed E-state index contributed by atoms with van der Waals surface area (Å²) in [5.74, 6) is 0.698. The van der Waals surface area contributed by atoms with Crippen molar-refractivity contribution in [2.24, 2.45) is 5.92 Å². The second-order valence-corrected chi connectivity index (χ2v) is 9.15. The number of halogens is 1. The molecule has 1 saturated heterocycles. The summed E-state index contributed by atoms with van der Waals surface area (Å²) in [7, 11) is 0. The number of hydrogen-bond donors (Lipinski definition) is 0. The number of nitrogens with zero attached hydrogens (tertiary/aromatic N) is 4. The Labute approximate surface area is 182 Å². The highest BCUT2D eigenvalue weighted by atomic mass is 35.5. The summed E-state index contributed by atoms with van der Waals surface area (Å²) in [5.41, 5.74) is 4.86. The van der Waals surface area contributed by atoms with Gasteiger partial charge in [-0.15, -0.1) is 0 Å². The van der Waals surface area contributed by atoms with Gasteiger partial charge in [0, 0.05) is 32.4 Å². The molecule has 3 aromatic rings. The van der Waals surface area contributed by atoms with Crippen LogP contribution in [0.25, 0.3) is 5.65 Å². The molecule has 2 aliphatic heterocycles. The normalized spacial score (nSPS) is 19.8. The molecule has 1 aromatic carbocycles. The Morgan fingerprint density at radius 1 is 1.17 bits per heavy atom. The van der Waals surface area contributed by atoms with Crippen molar-refractivity contribution in [3.63, 3.8) is 0 Å². The Hall–Kier alpha value is -2.37. The quantitative estimate of drug-likeness (QED) is 0.627. The SMILES string of the molecule is C[C@@H]1CCCN(Cc2c(C(=O)N3CCc4ccccc4C3)nc3ccc(Cl)cn23)C1. The van der Waals surface area contributed by atoms with E-state index in [1.54, 1.807) is 0 Å². The highest BCUT2D eigenvalue weighted by Crippen LogP contribution is 2.25. The van der Waals surface area contributed by atoms with Gasteiger partial charge in [0.25, 0.3) is 5.91 Å². The molecule has 1 amide bonds. The number of likely N-dealkylation sites (tertiary alicyclic amines) is 1. The Morgan fingerprint density at radius 3 is 2.83 bits per heavy atom. The van der Waals surface area contributed by atoms with Crippen LogP contribution in [0.5, 0.6) is 0 Å². The fraction of sp³-hybridized carbons (Fsp3) is 0.417. The molecule has 0 spiro atoms. The van der Waals surface area contributed by atoms with E-state index in [9.17, 15) is 4.79 Å². The van der Waals surface area contributed by atoms with Crippen LogP contribution in [0.1, 0.15) is 47.1 Å². The average molecular weight is 423 g/mol. The number of carbonyl (C=O) groups excluding carboxylic acids is 1. The standard InChI is InChI=1S/C24H27ClN4O/c1-17-5-4-11-27(13-17)16-21-23(26-22-9-8-20(25)15-29(21)22)24(30)28-12-10-18-6-2-3-7-19(18)14-28/h2-3,6-9,15,17H,4-5,10-14,16H2,1H3/t17-/m1/s1. The number of pyridine rings is 1. The van der Waals surface area contributed by atoms with Crippen LogP contribution in [-0.2, 0) is 19.5 Å². The largest absolute Gasteiger partial charge is 0.333 e. The lowest BCUT2D eigenvalue weighted by Gasteiger charge is -2.31. The van der Waals surface area contributed by atoms with Crippen LogP contribution >= 0.6 is 11.6 Å². The summed E-state index contributed by atoms with van der Waals surface area (Å²) in [6, 6.07) is 12.1. The molecular formula is C24H27ClN4O. The van der Waals surface area contributed by atoms with Gasteiger partial charge in [-0.2, -0.15) is 0 Å². The topological polar surface area (TPSA) is 40.9 Å². The third-order valence-corrected chi connectivity index (χ3v) is 6.64. The number of amides is 1. The van der Waals surface area contributed by atoms with E-state index in [2.05, 4.69) is 30.0 Å². The highest BCUT2D eigenvalue weighted by Gasteiger charge is 2.28.